The number of fused-ring (bicyclic) bond motifs is 1. The molecule has 0 aliphatic rings. The summed E-state index contributed by atoms with van der Waals surface area (Å²) >= 11 is 0. The van der Waals surface area contributed by atoms with Gasteiger partial charge in [0.1, 0.15) is 6.54 Å². The van der Waals surface area contributed by atoms with Gasteiger partial charge in [0, 0.05) is 5.41 Å². The third-order valence-corrected chi connectivity index (χ3v) is 5.04. The zero-order chi connectivity index (χ0) is 18.7. The highest BCUT2D eigenvalue weighted by Crippen LogP contribution is 2.18. The molecule has 0 aliphatic heterocycles. The largest absolute Gasteiger partial charge is 0.457 e. The van der Waals surface area contributed by atoms with Crippen LogP contribution in [0.1, 0.15) is 20.8 Å². The quantitative estimate of drug-likeness (QED) is 0.795. The maximum atomic E-state index is 12.3. The minimum absolute atomic E-state index is 0.0600. The van der Waals surface area contributed by atoms with Crippen molar-refractivity contribution >= 4 is 32.5 Å². The van der Waals surface area contributed by atoms with Crippen molar-refractivity contribution in [2.45, 2.75) is 25.7 Å². The average Bonchev–Trinajstić information content (AvgIpc) is 2.56. The molecular weight excluding hydrogens is 342 g/mol. The molecule has 2 aromatic rings. The highest BCUT2D eigenvalue weighted by Gasteiger charge is 2.23. The lowest BCUT2D eigenvalue weighted by molar-refractivity contribution is -0.148. The predicted molar refractivity (Wildman–Crippen MR) is 94.6 cm³/mol. The van der Waals surface area contributed by atoms with Crippen molar-refractivity contribution in [3.8, 4) is 0 Å². The van der Waals surface area contributed by atoms with E-state index in [9.17, 15) is 18.0 Å². The lowest BCUT2D eigenvalue weighted by Crippen LogP contribution is -2.33. The lowest BCUT2D eigenvalue weighted by Gasteiger charge is -2.16. The molecule has 134 valence electrons. The van der Waals surface area contributed by atoms with Crippen molar-refractivity contribution in [3.63, 3.8) is 0 Å². The van der Waals surface area contributed by atoms with Gasteiger partial charge in [0.25, 0.3) is 0 Å². The molecule has 0 aliphatic carbocycles. The Morgan fingerprint density at radius 2 is 1.68 bits per heavy atom. The van der Waals surface area contributed by atoms with Crippen molar-refractivity contribution in [1.29, 1.82) is 0 Å². The molecular formula is C18H21NO5S. The van der Waals surface area contributed by atoms with E-state index in [0.717, 1.165) is 10.8 Å². The molecule has 0 spiro atoms. The number of sulfonamides is 1. The van der Waals surface area contributed by atoms with Gasteiger partial charge in [-0.25, -0.2) is 8.42 Å². The molecule has 7 heteroatoms. The minimum Gasteiger partial charge on any atom is -0.457 e. The van der Waals surface area contributed by atoms with E-state index >= 15 is 0 Å². The van der Waals surface area contributed by atoms with Crippen molar-refractivity contribution in [2.75, 3.05) is 13.2 Å². The molecule has 0 atom stereocenters. The monoisotopic (exact) mass is 363 g/mol. The summed E-state index contributed by atoms with van der Waals surface area (Å²) in [5.41, 5.74) is -0.620. The maximum absolute atomic E-state index is 12.3. The Labute approximate surface area is 147 Å². The number of nitrogens with one attached hydrogen (secondary N) is 1. The van der Waals surface area contributed by atoms with Gasteiger partial charge in [-0.15, -0.1) is 0 Å². The third-order valence-electron chi connectivity index (χ3n) is 3.64. The molecule has 25 heavy (non-hydrogen) atoms. The predicted octanol–water partition coefficient (Wildman–Crippen LogP) is 2.28. The fraction of sp³-hybridized carbons (Fsp3) is 0.333. The van der Waals surface area contributed by atoms with E-state index in [1.165, 1.54) is 12.1 Å². The smallest absolute Gasteiger partial charge is 0.321 e. The third kappa shape index (κ3) is 5.11. The molecule has 0 aromatic heterocycles. The Kier molecular flexibility index (Phi) is 5.59. The standard InChI is InChI=1S/C18H21NO5S/c1-18(2,3)16(20)12-24-17(21)11-19-25(22,23)15-9-8-13-6-4-5-7-14(13)10-15/h4-10,19H,11-12H2,1-3H3. The van der Waals surface area contributed by atoms with E-state index in [2.05, 4.69) is 4.72 Å². The van der Waals surface area contributed by atoms with Crippen molar-refractivity contribution < 1.29 is 22.7 Å². The molecule has 0 radical (unpaired) electrons. The SMILES string of the molecule is CC(C)(C)C(=O)COC(=O)CNS(=O)(=O)c1ccc2ccccc2c1. The second kappa shape index (κ2) is 7.33. The van der Waals surface area contributed by atoms with E-state index in [0.29, 0.717) is 0 Å². The van der Waals surface area contributed by atoms with Crippen molar-refractivity contribution in [2.24, 2.45) is 5.41 Å². The molecule has 2 aromatic carbocycles. The van der Waals surface area contributed by atoms with Crippen molar-refractivity contribution in [1.82, 2.24) is 4.72 Å². The van der Waals surface area contributed by atoms with E-state index in [4.69, 9.17) is 4.74 Å². The highest BCUT2D eigenvalue weighted by atomic mass is 32.2. The number of benzene rings is 2. The Bertz CT molecular complexity index is 897. The summed E-state index contributed by atoms with van der Waals surface area (Å²) in [6, 6.07) is 12.1. The Morgan fingerprint density at radius 1 is 1.04 bits per heavy atom. The summed E-state index contributed by atoms with van der Waals surface area (Å²) in [6.45, 7) is 4.23. The van der Waals surface area contributed by atoms with Crippen LogP contribution in [0, 0.1) is 5.41 Å². The summed E-state index contributed by atoms with van der Waals surface area (Å²) in [5.74, 6) is -1.04. The van der Waals surface area contributed by atoms with Gasteiger partial charge >= 0.3 is 5.97 Å². The van der Waals surface area contributed by atoms with Crippen LogP contribution in [0.15, 0.2) is 47.4 Å². The van der Waals surface area contributed by atoms with E-state index in [-0.39, 0.29) is 17.3 Å². The number of rotatable bonds is 6. The molecule has 2 rings (SSSR count). The van der Waals surface area contributed by atoms with E-state index in [1.54, 1.807) is 32.9 Å². The lowest BCUT2D eigenvalue weighted by atomic mass is 9.91. The highest BCUT2D eigenvalue weighted by molar-refractivity contribution is 7.89. The zero-order valence-corrected chi connectivity index (χ0v) is 15.2. The number of Topliss-reactive ketones (excluding diaryl/α,β-unsaturated/α-hetero) is 1. The van der Waals surface area contributed by atoms with Crippen LogP contribution in [0.2, 0.25) is 0 Å². The van der Waals surface area contributed by atoms with Crippen LogP contribution in [-0.4, -0.2) is 33.3 Å². The van der Waals surface area contributed by atoms with Crippen LogP contribution in [0.3, 0.4) is 0 Å². The number of hydrogen-bond donors (Lipinski definition) is 1. The van der Waals surface area contributed by atoms with Crippen LogP contribution in [0.25, 0.3) is 10.8 Å². The summed E-state index contributed by atoms with van der Waals surface area (Å²) in [6.07, 6.45) is 0. The van der Waals surface area contributed by atoms with Gasteiger partial charge in [-0.2, -0.15) is 4.72 Å². The second-order valence-electron chi connectivity index (χ2n) is 6.67. The van der Waals surface area contributed by atoms with Gasteiger partial charge in [-0.3, -0.25) is 9.59 Å². The summed E-state index contributed by atoms with van der Waals surface area (Å²) in [7, 11) is -3.85. The fourth-order valence-corrected chi connectivity index (χ4v) is 2.99. The first-order chi connectivity index (χ1) is 11.6. The van der Waals surface area contributed by atoms with Gasteiger partial charge < -0.3 is 4.74 Å². The number of carbonyl (C=O) groups is 2. The first-order valence-electron chi connectivity index (χ1n) is 7.77. The summed E-state index contributed by atoms with van der Waals surface area (Å²) in [5, 5.41) is 1.70. The fourth-order valence-electron chi connectivity index (χ4n) is 1.99. The minimum atomic E-state index is -3.85. The van der Waals surface area contributed by atoms with E-state index < -0.39 is 28.0 Å². The Hall–Kier alpha value is -2.25. The number of esters is 1. The van der Waals surface area contributed by atoms with Crippen LogP contribution in [0.4, 0.5) is 0 Å². The number of hydrogen-bond acceptors (Lipinski definition) is 5. The van der Waals surface area contributed by atoms with Gasteiger partial charge in [0.05, 0.1) is 4.90 Å². The van der Waals surface area contributed by atoms with Crippen LogP contribution < -0.4 is 4.72 Å². The van der Waals surface area contributed by atoms with Gasteiger partial charge in [-0.1, -0.05) is 51.1 Å². The molecule has 0 fully saturated rings. The zero-order valence-electron chi connectivity index (χ0n) is 14.4. The van der Waals surface area contributed by atoms with Crippen LogP contribution >= 0.6 is 0 Å². The average molecular weight is 363 g/mol. The topological polar surface area (TPSA) is 89.5 Å². The first-order valence-corrected chi connectivity index (χ1v) is 9.25. The molecule has 0 heterocycles. The molecule has 0 unspecified atom stereocenters. The molecule has 0 saturated carbocycles. The van der Waals surface area contributed by atoms with Crippen molar-refractivity contribution in [3.05, 3.63) is 42.5 Å². The normalized spacial score (nSPS) is 12.1. The van der Waals surface area contributed by atoms with Crippen LogP contribution in [-0.2, 0) is 24.3 Å². The van der Waals surface area contributed by atoms with Crippen LogP contribution in [0.5, 0.6) is 0 Å². The summed E-state index contributed by atoms with van der Waals surface area (Å²) < 4.78 is 31.6. The van der Waals surface area contributed by atoms with Gasteiger partial charge in [0.2, 0.25) is 10.0 Å². The first kappa shape index (κ1) is 19.1. The van der Waals surface area contributed by atoms with Gasteiger partial charge in [0.15, 0.2) is 12.4 Å². The Morgan fingerprint density at radius 3 is 2.32 bits per heavy atom. The molecule has 0 bridgehead atoms. The molecule has 0 amide bonds. The number of carbonyl (C=O) groups excluding carboxylic acids is 2. The van der Waals surface area contributed by atoms with Gasteiger partial charge in [-0.05, 0) is 22.9 Å². The number of ketones is 1. The number of ether oxygens (including phenoxy) is 1. The Balaban J connectivity index is 1.98. The molecule has 6 nitrogen and oxygen atoms in total. The second-order valence-corrected chi connectivity index (χ2v) is 8.43. The summed E-state index contributed by atoms with van der Waals surface area (Å²) in [4.78, 5) is 23.4. The molecule has 0 saturated heterocycles. The van der Waals surface area contributed by atoms with E-state index in [1.807, 2.05) is 18.2 Å². The molecule has 1 N–H and O–H groups in total. The maximum Gasteiger partial charge on any atom is 0.321 e.